The molecule has 2 bridgehead atoms. The first-order chi connectivity index (χ1) is 4.93. The average Bonchev–Trinajstić information content (AvgIpc) is 2.45. The molecule has 0 aromatic heterocycles. The zero-order chi connectivity index (χ0) is 6.55. The molecular weight excluding hydrogens is 120 g/mol. The van der Waals surface area contributed by atoms with Crippen LogP contribution in [0.25, 0.3) is 0 Å². The lowest BCUT2D eigenvalue weighted by Crippen LogP contribution is -2.28. The van der Waals surface area contributed by atoms with E-state index in [0.717, 1.165) is 23.7 Å². The summed E-state index contributed by atoms with van der Waals surface area (Å²) >= 11 is 0. The monoisotopic (exact) mass is 134 g/mol. The highest BCUT2D eigenvalue weighted by atomic mass is 14.5. The molecule has 0 heterocycles. The summed E-state index contributed by atoms with van der Waals surface area (Å²) in [5, 5.41) is 0. The number of fused-ring (bicyclic) bond motifs is 1. The van der Waals surface area contributed by atoms with Crippen molar-refractivity contribution in [1.82, 2.24) is 0 Å². The highest BCUT2D eigenvalue weighted by molar-refractivity contribution is 5.15. The van der Waals surface area contributed by atoms with Crippen LogP contribution in [0.2, 0.25) is 0 Å². The second-order valence-corrected chi connectivity index (χ2v) is 4.28. The van der Waals surface area contributed by atoms with Gasteiger partial charge in [-0.2, -0.15) is 0 Å². The molecular formula is C10H14. The van der Waals surface area contributed by atoms with E-state index in [2.05, 4.69) is 12.2 Å². The van der Waals surface area contributed by atoms with Crippen LogP contribution in [0.4, 0.5) is 0 Å². The molecule has 3 fully saturated rings. The highest BCUT2D eigenvalue weighted by Gasteiger charge is 2.46. The Morgan fingerprint density at radius 3 is 2.30 bits per heavy atom. The number of hydrogen-bond donors (Lipinski definition) is 0. The fraction of sp³-hybridized carbons (Fsp3) is 0.800. The fourth-order valence-corrected chi connectivity index (χ4v) is 2.95. The Morgan fingerprint density at radius 1 is 1.10 bits per heavy atom. The Bertz CT molecular complexity index is 160. The van der Waals surface area contributed by atoms with Gasteiger partial charge in [-0.3, -0.25) is 0 Å². The van der Waals surface area contributed by atoms with E-state index in [4.69, 9.17) is 0 Å². The van der Waals surface area contributed by atoms with E-state index in [1.165, 1.54) is 6.42 Å². The Morgan fingerprint density at radius 2 is 1.80 bits per heavy atom. The summed E-state index contributed by atoms with van der Waals surface area (Å²) in [5.74, 6) is 4.41. The van der Waals surface area contributed by atoms with Gasteiger partial charge >= 0.3 is 0 Å². The molecule has 0 heteroatoms. The first kappa shape index (κ1) is 5.40. The van der Waals surface area contributed by atoms with E-state index in [0.29, 0.717) is 0 Å². The van der Waals surface area contributed by atoms with Gasteiger partial charge in [-0.1, -0.05) is 12.2 Å². The fourth-order valence-electron chi connectivity index (χ4n) is 2.95. The predicted octanol–water partition coefficient (Wildman–Crippen LogP) is 2.61. The first-order valence-corrected chi connectivity index (χ1v) is 4.62. The second kappa shape index (κ2) is 1.66. The van der Waals surface area contributed by atoms with E-state index >= 15 is 0 Å². The zero-order valence-electron chi connectivity index (χ0n) is 6.29. The molecule has 0 aliphatic heterocycles. The van der Waals surface area contributed by atoms with Gasteiger partial charge in [0.2, 0.25) is 0 Å². The van der Waals surface area contributed by atoms with Crippen LogP contribution in [0, 0.1) is 23.7 Å². The molecule has 2 unspecified atom stereocenters. The van der Waals surface area contributed by atoms with Crippen molar-refractivity contribution in [3.63, 3.8) is 0 Å². The molecule has 2 atom stereocenters. The van der Waals surface area contributed by atoms with Crippen molar-refractivity contribution in [3.05, 3.63) is 12.2 Å². The average molecular weight is 134 g/mol. The van der Waals surface area contributed by atoms with Crippen LogP contribution < -0.4 is 0 Å². The summed E-state index contributed by atoms with van der Waals surface area (Å²) < 4.78 is 0. The maximum atomic E-state index is 2.36. The van der Waals surface area contributed by atoms with Crippen molar-refractivity contribution in [3.8, 4) is 0 Å². The summed E-state index contributed by atoms with van der Waals surface area (Å²) in [6.45, 7) is 0. The minimum Gasteiger partial charge on any atom is -0.0810 e. The highest BCUT2D eigenvalue weighted by Crippen LogP contribution is 2.56. The minimum absolute atomic E-state index is 0.938. The molecule has 3 saturated carbocycles. The molecule has 0 N–H and O–H groups in total. The standard InChI is InChI=1S/C10H14/c1-2-7(1)5-10-8-3-4-9(10)6-8/h1-2,7-10H,3-6H2. The van der Waals surface area contributed by atoms with Crippen molar-refractivity contribution in [2.75, 3.05) is 0 Å². The molecule has 0 amide bonds. The van der Waals surface area contributed by atoms with Crippen molar-refractivity contribution >= 4 is 0 Å². The predicted molar refractivity (Wildman–Crippen MR) is 41.6 cm³/mol. The summed E-state index contributed by atoms with van der Waals surface area (Å²) in [6, 6.07) is 0. The van der Waals surface area contributed by atoms with Crippen molar-refractivity contribution < 1.29 is 0 Å². The van der Waals surface area contributed by atoms with E-state index in [1.807, 2.05) is 0 Å². The van der Waals surface area contributed by atoms with Crippen molar-refractivity contribution in [1.29, 1.82) is 0 Å². The summed E-state index contributed by atoms with van der Waals surface area (Å²) in [6.07, 6.45) is 10.9. The molecule has 0 aromatic carbocycles. The molecule has 4 rings (SSSR count). The van der Waals surface area contributed by atoms with Crippen LogP contribution in [0.1, 0.15) is 25.7 Å². The third kappa shape index (κ3) is 0.624. The quantitative estimate of drug-likeness (QED) is 0.509. The molecule has 54 valence electrons. The van der Waals surface area contributed by atoms with Gasteiger partial charge in [0.15, 0.2) is 0 Å². The van der Waals surface area contributed by atoms with Gasteiger partial charge < -0.3 is 0 Å². The van der Waals surface area contributed by atoms with Crippen molar-refractivity contribution in [2.45, 2.75) is 25.7 Å². The van der Waals surface area contributed by atoms with Crippen LogP contribution in [0.15, 0.2) is 12.2 Å². The number of allylic oxidation sites excluding steroid dienone is 2. The Hall–Kier alpha value is -0.260. The topological polar surface area (TPSA) is 0 Å². The third-order valence-corrected chi connectivity index (χ3v) is 3.73. The molecule has 0 nitrogen and oxygen atoms in total. The van der Waals surface area contributed by atoms with Gasteiger partial charge in [0.1, 0.15) is 0 Å². The summed E-state index contributed by atoms with van der Waals surface area (Å²) in [4.78, 5) is 0. The van der Waals surface area contributed by atoms with Gasteiger partial charge in [-0.15, -0.1) is 0 Å². The van der Waals surface area contributed by atoms with E-state index in [-0.39, 0.29) is 0 Å². The molecule has 4 aliphatic rings. The molecule has 10 heavy (non-hydrogen) atoms. The molecule has 0 radical (unpaired) electrons. The van der Waals surface area contributed by atoms with Gasteiger partial charge in [-0.05, 0) is 49.4 Å². The SMILES string of the molecule is C1=CC1CC1C2CCC1C2. The number of hydrogen-bond acceptors (Lipinski definition) is 0. The van der Waals surface area contributed by atoms with Crippen LogP contribution >= 0.6 is 0 Å². The van der Waals surface area contributed by atoms with Gasteiger partial charge in [-0.25, -0.2) is 0 Å². The summed E-state index contributed by atoms with van der Waals surface area (Å²) in [5.41, 5.74) is 0. The molecule has 4 aliphatic carbocycles. The largest absolute Gasteiger partial charge is 0.0810 e. The minimum atomic E-state index is 0.938. The molecule has 0 saturated heterocycles. The molecule has 0 spiro atoms. The van der Waals surface area contributed by atoms with Gasteiger partial charge in [0.25, 0.3) is 0 Å². The smallest absolute Gasteiger partial charge is 0.00502 e. The normalized spacial score (nSPS) is 49.4. The van der Waals surface area contributed by atoms with Crippen LogP contribution in [0.3, 0.4) is 0 Å². The second-order valence-electron chi connectivity index (χ2n) is 4.28. The van der Waals surface area contributed by atoms with Gasteiger partial charge in [0, 0.05) is 0 Å². The zero-order valence-corrected chi connectivity index (χ0v) is 6.29. The maximum Gasteiger partial charge on any atom is -0.00502 e. The van der Waals surface area contributed by atoms with Crippen LogP contribution in [0.5, 0.6) is 0 Å². The lowest BCUT2D eigenvalue weighted by atomic mass is 9.69. The first-order valence-electron chi connectivity index (χ1n) is 4.62. The molecule has 0 aromatic rings. The Kier molecular flexibility index (Phi) is 0.898. The number of rotatable bonds is 2. The summed E-state index contributed by atoms with van der Waals surface area (Å²) in [7, 11) is 0. The van der Waals surface area contributed by atoms with Crippen LogP contribution in [-0.2, 0) is 0 Å². The van der Waals surface area contributed by atoms with E-state index in [1.54, 1.807) is 19.3 Å². The van der Waals surface area contributed by atoms with Crippen molar-refractivity contribution in [2.24, 2.45) is 23.7 Å². The lowest BCUT2D eigenvalue weighted by Gasteiger charge is -2.35. The van der Waals surface area contributed by atoms with Crippen LogP contribution in [-0.4, -0.2) is 0 Å². The Labute approximate surface area is 62.3 Å². The lowest BCUT2D eigenvalue weighted by molar-refractivity contribution is 0.141. The van der Waals surface area contributed by atoms with Gasteiger partial charge in [0.05, 0.1) is 0 Å². The Balaban J connectivity index is 1.62. The van der Waals surface area contributed by atoms with E-state index in [9.17, 15) is 0 Å². The van der Waals surface area contributed by atoms with E-state index < -0.39 is 0 Å². The maximum absolute atomic E-state index is 2.36. The third-order valence-electron chi connectivity index (χ3n) is 3.73.